The number of carbonyl (C=O) groups is 1. The molecule has 0 spiro atoms. The fourth-order valence-electron chi connectivity index (χ4n) is 3.61. The van der Waals surface area contributed by atoms with Crippen molar-refractivity contribution in [2.24, 2.45) is 0 Å². The molecule has 3 heterocycles. The molecule has 1 saturated heterocycles. The smallest absolute Gasteiger partial charge is 0.255 e. The van der Waals surface area contributed by atoms with Gasteiger partial charge in [0.1, 0.15) is 23.7 Å². The van der Waals surface area contributed by atoms with Gasteiger partial charge in [0.15, 0.2) is 0 Å². The molecular formula is C22H25N3O5. The number of fused-ring (bicyclic) bond motifs is 1. The summed E-state index contributed by atoms with van der Waals surface area (Å²) in [5.41, 5.74) is 1.93. The van der Waals surface area contributed by atoms with E-state index in [0.29, 0.717) is 59.8 Å². The highest BCUT2D eigenvalue weighted by Gasteiger charge is 2.35. The SMILES string of the molecule is Cc1cnc(COc2ccc3oc(C)c(C(=O)NC4(CO)CCOCC4)c3c2)cn1. The van der Waals surface area contributed by atoms with Crippen LogP contribution in [0.2, 0.25) is 0 Å². The summed E-state index contributed by atoms with van der Waals surface area (Å²) >= 11 is 0. The van der Waals surface area contributed by atoms with E-state index >= 15 is 0 Å². The molecule has 2 N–H and O–H groups in total. The Labute approximate surface area is 174 Å². The van der Waals surface area contributed by atoms with E-state index in [9.17, 15) is 9.90 Å². The van der Waals surface area contributed by atoms with Gasteiger partial charge in [0.05, 0.1) is 35.3 Å². The van der Waals surface area contributed by atoms with Crippen molar-refractivity contribution in [2.45, 2.75) is 38.8 Å². The van der Waals surface area contributed by atoms with E-state index in [0.717, 1.165) is 5.69 Å². The zero-order valence-electron chi connectivity index (χ0n) is 17.1. The fraction of sp³-hybridized carbons (Fsp3) is 0.409. The fourth-order valence-corrected chi connectivity index (χ4v) is 3.61. The minimum Gasteiger partial charge on any atom is -0.487 e. The first-order valence-electron chi connectivity index (χ1n) is 9.94. The van der Waals surface area contributed by atoms with Crippen molar-refractivity contribution in [3.05, 3.63) is 53.3 Å². The number of carbonyl (C=O) groups excluding carboxylic acids is 1. The van der Waals surface area contributed by atoms with Crippen LogP contribution in [0.25, 0.3) is 11.0 Å². The monoisotopic (exact) mass is 411 g/mol. The molecule has 30 heavy (non-hydrogen) atoms. The summed E-state index contributed by atoms with van der Waals surface area (Å²) in [7, 11) is 0. The van der Waals surface area contributed by atoms with E-state index in [-0.39, 0.29) is 19.1 Å². The van der Waals surface area contributed by atoms with Crippen molar-refractivity contribution in [1.29, 1.82) is 0 Å². The molecule has 1 aliphatic heterocycles. The second-order valence-electron chi connectivity index (χ2n) is 7.63. The summed E-state index contributed by atoms with van der Waals surface area (Å²) in [6.07, 6.45) is 4.50. The molecule has 0 unspecified atom stereocenters. The third kappa shape index (κ3) is 4.15. The van der Waals surface area contributed by atoms with Crippen LogP contribution in [0.1, 0.15) is 40.3 Å². The number of aliphatic hydroxyl groups is 1. The lowest BCUT2D eigenvalue weighted by Gasteiger charge is -2.36. The number of aliphatic hydroxyl groups excluding tert-OH is 1. The lowest BCUT2D eigenvalue weighted by molar-refractivity contribution is 0.0125. The van der Waals surface area contributed by atoms with Crippen LogP contribution in [0.4, 0.5) is 0 Å². The molecule has 2 aromatic heterocycles. The van der Waals surface area contributed by atoms with Crippen molar-refractivity contribution in [3.63, 3.8) is 0 Å². The summed E-state index contributed by atoms with van der Waals surface area (Å²) in [5.74, 6) is 0.843. The van der Waals surface area contributed by atoms with Gasteiger partial charge in [-0.05, 0) is 44.9 Å². The molecule has 0 radical (unpaired) electrons. The van der Waals surface area contributed by atoms with Gasteiger partial charge < -0.3 is 24.3 Å². The van der Waals surface area contributed by atoms with Crippen molar-refractivity contribution >= 4 is 16.9 Å². The summed E-state index contributed by atoms with van der Waals surface area (Å²) in [5, 5.41) is 13.6. The number of ether oxygens (including phenoxy) is 2. The molecule has 0 aliphatic carbocycles. The quantitative estimate of drug-likeness (QED) is 0.642. The molecule has 8 heteroatoms. The number of nitrogens with one attached hydrogen (secondary N) is 1. The molecule has 1 aromatic carbocycles. The predicted octanol–water partition coefficient (Wildman–Crippen LogP) is 2.69. The van der Waals surface area contributed by atoms with Crippen LogP contribution in [0.5, 0.6) is 5.75 Å². The van der Waals surface area contributed by atoms with Crippen molar-refractivity contribution < 1.29 is 23.8 Å². The topological polar surface area (TPSA) is 107 Å². The molecule has 0 bridgehead atoms. The van der Waals surface area contributed by atoms with Gasteiger partial charge in [-0.1, -0.05) is 0 Å². The Balaban J connectivity index is 1.56. The summed E-state index contributed by atoms with van der Waals surface area (Å²) in [4.78, 5) is 21.6. The summed E-state index contributed by atoms with van der Waals surface area (Å²) < 4.78 is 17.0. The first kappa shape index (κ1) is 20.3. The van der Waals surface area contributed by atoms with Gasteiger partial charge in [0.25, 0.3) is 5.91 Å². The maximum Gasteiger partial charge on any atom is 0.255 e. The minimum absolute atomic E-state index is 0.136. The molecule has 4 rings (SSSR count). The second-order valence-corrected chi connectivity index (χ2v) is 7.63. The van der Waals surface area contributed by atoms with E-state index in [1.807, 2.05) is 6.92 Å². The maximum absolute atomic E-state index is 13.1. The van der Waals surface area contributed by atoms with E-state index in [1.54, 1.807) is 37.5 Å². The zero-order valence-corrected chi connectivity index (χ0v) is 17.1. The van der Waals surface area contributed by atoms with Gasteiger partial charge in [-0.3, -0.25) is 14.8 Å². The lowest BCUT2D eigenvalue weighted by Crippen LogP contribution is -2.54. The number of furan rings is 1. The van der Waals surface area contributed by atoms with Gasteiger partial charge in [-0.2, -0.15) is 0 Å². The average molecular weight is 411 g/mol. The van der Waals surface area contributed by atoms with Crippen LogP contribution in [0.3, 0.4) is 0 Å². The molecule has 3 aromatic rings. The van der Waals surface area contributed by atoms with Crippen LogP contribution < -0.4 is 10.1 Å². The normalized spacial score (nSPS) is 15.8. The minimum atomic E-state index is -0.677. The molecule has 1 fully saturated rings. The largest absolute Gasteiger partial charge is 0.487 e. The van der Waals surface area contributed by atoms with E-state index < -0.39 is 5.54 Å². The number of hydrogen-bond donors (Lipinski definition) is 2. The van der Waals surface area contributed by atoms with E-state index in [1.165, 1.54) is 0 Å². The molecule has 0 atom stereocenters. The summed E-state index contributed by atoms with van der Waals surface area (Å²) in [6, 6.07) is 5.37. The molecule has 0 saturated carbocycles. The Hall–Kier alpha value is -2.97. The first-order chi connectivity index (χ1) is 14.5. The third-order valence-corrected chi connectivity index (χ3v) is 5.41. The molecule has 8 nitrogen and oxygen atoms in total. The molecule has 158 valence electrons. The number of aromatic nitrogens is 2. The number of rotatable bonds is 6. The first-order valence-corrected chi connectivity index (χ1v) is 9.94. The predicted molar refractivity (Wildman–Crippen MR) is 109 cm³/mol. The highest BCUT2D eigenvalue weighted by atomic mass is 16.5. The Morgan fingerprint density at radius 2 is 2.03 bits per heavy atom. The highest BCUT2D eigenvalue weighted by molar-refractivity contribution is 6.07. The number of amides is 1. The van der Waals surface area contributed by atoms with Gasteiger partial charge in [0.2, 0.25) is 0 Å². The number of benzene rings is 1. The molecule has 1 aliphatic rings. The van der Waals surface area contributed by atoms with Crippen LogP contribution in [0.15, 0.2) is 35.0 Å². The standard InChI is InChI=1S/C22H25N3O5/c1-14-10-24-16(11-23-14)12-29-17-3-4-19-18(9-17)20(15(2)30-19)21(27)25-22(13-26)5-7-28-8-6-22/h3-4,9-11,26H,5-8,12-13H2,1-2H3,(H,25,27). The Morgan fingerprint density at radius 3 is 2.73 bits per heavy atom. The Kier molecular flexibility index (Phi) is 5.69. The lowest BCUT2D eigenvalue weighted by atomic mass is 9.90. The van der Waals surface area contributed by atoms with Crippen LogP contribution in [0, 0.1) is 13.8 Å². The third-order valence-electron chi connectivity index (χ3n) is 5.41. The Morgan fingerprint density at radius 1 is 1.23 bits per heavy atom. The van der Waals surface area contributed by atoms with Gasteiger partial charge in [-0.25, -0.2) is 0 Å². The van der Waals surface area contributed by atoms with Crippen molar-refractivity contribution in [2.75, 3.05) is 19.8 Å². The van der Waals surface area contributed by atoms with Crippen molar-refractivity contribution in [3.8, 4) is 5.75 Å². The zero-order chi connectivity index (χ0) is 21.1. The number of hydrogen-bond acceptors (Lipinski definition) is 7. The molecule has 1 amide bonds. The number of nitrogens with zero attached hydrogens (tertiary/aromatic N) is 2. The maximum atomic E-state index is 13.1. The summed E-state index contributed by atoms with van der Waals surface area (Å²) in [6.45, 7) is 4.78. The highest BCUT2D eigenvalue weighted by Crippen LogP contribution is 2.30. The average Bonchev–Trinajstić information content (AvgIpc) is 3.09. The van der Waals surface area contributed by atoms with Crippen molar-refractivity contribution in [1.82, 2.24) is 15.3 Å². The van der Waals surface area contributed by atoms with Gasteiger partial charge in [0, 0.05) is 24.8 Å². The van der Waals surface area contributed by atoms with Crippen LogP contribution >= 0.6 is 0 Å². The van der Waals surface area contributed by atoms with E-state index in [4.69, 9.17) is 13.9 Å². The molecular weight excluding hydrogens is 386 g/mol. The van der Waals surface area contributed by atoms with E-state index in [2.05, 4.69) is 15.3 Å². The van der Waals surface area contributed by atoms with Crippen LogP contribution in [-0.4, -0.2) is 46.3 Å². The van der Waals surface area contributed by atoms with Gasteiger partial charge in [-0.15, -0.1) is 0 Å². The number of aryl methyl sites for hydroxylation is 2. The second kappa shape index (κ2) is 8.41. The van der Waals surface area contributed by atoms with Gasteiger partial charge >= 0.3 is 0 Å². The van der Waals surface area contributed by atoms with Crippen LogP contribution in [-0.2, 0) is 11.3 Å². The Bertz CT molecular complexity index is 1040.